The van der Waals surface area contributed by atoms with E-state index < -0.39 is 0 Å². The Morgan fingerprint density at radius 1 is 1.16 bits per heavy atom. The Labute approximate surface area is 193 Å². The average molecular weight is 459 g/mol. The summed E-state index contributed by atoms with van der Waals surface area (Å²) in [4.78, 5) is 19.5. The first-order valence-electron chi connectivity index (χ1n) is 10.4. The van der Waals surface area contributed by atoms with Crippen LogP contribution >= 0.6 is 23.4 Å². The van der Waals surface area contributed by atoms with E-state index in [1.165, 1.54) is 17.3 Å². The molecule has 3 rings (SSSR count). The number of aryl methyl sites for hydroxylation is 1. The zero-order valence-corrected chi connectivity index (χ0v) is 19.8. The van der Waals surface area contributed by atoms with E-state index in [2.05, 4.69) is 11.1 Å². The highest BCUT2D eigenvalue weighted by Gasteiger charge is 2.32. The maximum absolute atomic E-state index is 12.7. The lowest BCUT2D eigenvalue weighted by molar-refractivity contribution is -0.122. The fourth-order valence-corrected chi connectivity index (χ4v) is 4.60. The van der Waals surface area contributed by atoms with Crippen LogP contribution in [0.3, 0.4) is 0 Å². The zero-order chi connectivity index (χ0) is 22.4. The fourth-order valence-electron chi connectivity index (χ4n) is 3.22. The number of hydrogen-bond donors (Lipinski definition) is 0. The maximum Gasteiger partial charge on any atom is 0.266 e. The minimum atomic E-state index is -0.0476. The standard InChI is InChI=1S/C24H27ClN2O3S/c1-5-26-24-27(6-2)23(28)21(31-24)14-18-12-19(25)22(20(13-18)29-7-3)30-15-17-10-8-9-16(4)11-17/h8-14H,5-7,15H2,1-4H3/b21-14+,26-24?. The highest BCUT2D eigenvalue weighted by molar-refractivity contribution is 8.18. The van der Waals surface area contributed by atoms with E-state index >= 15 is 0 Å². The van der Waals surface area contributed by atoms with Gasteiger partial charge in [-0.15, -0.1) is 0 Å². The predicted octanol–water partition coefficient (Wildman–Crippen LogP) is 5.94. The Bertz CT molecular complexity index is 1020. The second kappa shape index (κ2) is 10.7. The van der Waals surface area contributed by atoms with Crippen LogP contribution in [0.4, 0.5) is 0 Å². The number of ether oxygens (including phenoxy) is 2. The minimum absolute atomic E-state index is 0.0476. The van der Waals surface area contributed by atoms with Crippen LogP contribution < -0.4 is 9.47 Å². The van der Waals surface area contributed by atoms with Gasteiger partial charge in [0.15, 0.2) is 16.7 Å². The molecule has 1 fully saturated rings. The average Bonchev–Trinajstić information content (AvgIpc) is 3.02. The third-order valence-corrected chi connectivity index (χ3v) is 5.92. The monoisotopic (exact) mass is 458 g/mol. The van der Waals surface area contributed by atoms with E-state index in [0.29, 0.717) is 47.7 Å². The van der Waals surface area contributed by atoms with Crippen molar-refractivity contribution in [3.8, 4) is 11.5 Å². The number of likely N-dealkylation sites (N-methyl/N-ethyl adjacent to an activating group) is 1. The van der Waals surface area contributed by atoms with Gasteiger partial charge in [0.05, 0.1) is 16.5 Å². The van der Waals surface area contributed by atoms with Crippen LogP contribution in [0, 0.1) is 6.92 Å². The first-order chi connectivity index (χ1) is 15.0. The van der Waals surface area contributed by atoms with Gasteiger partial charge in [-0.05, 0) is 68.8 Å². The number of halogens is 1. The second-order valence-corrected chi connectivity index (χ2v) is 8.37. The minimum Gasteiger partial charge on any atom is -0.490 e. The first kappa shape index (κ1) is 23.2. The molecule has 0 aliphatic carbocycles. The number of aliphatic imine (C=N–C) groups is 1. The van der Waals surface area contributed by atoms with Gasteiger partial charge < -0.3 is 9.47 Å². The Hall–Kier alpha value is -2.44. The number of amides is 1. The second-order valence-electron chi connectivity index (χ2n) is 6.96. The van der Waals surface area contributed by atoms with Crippen LogP contribution in [-0.2, 0) is 11.4 Å². The number of benzene rings is 2. The molecule has 2 aromatic rings. The summed E-state index contributed by atoms with van der Waals surface area (Å²) < 4.78 is 11.8. The highest BCUT2D eigenvalue weighted by Crippen LogP contribution is 2.39. The van der Waals surface area contributed by atoms with Gasteiger partial charge in [0.2, 0.25) is 0 Å². The number of nitrogens with zero attached hydrogens (tertiary/aromatic N) is 2. The van der Waals surface area contributed by atoms with Crippen LogP contribution in [0.5, 0.6) is 11.5 Å². The summed E-state index contributed by atoms with van der Waals surface area (Å²) in [5.74, 6) is 1.01. The van der Waals surface area contributed by atoms with Gasteiger partial charge in [0.1, 0.15) is 6.61 Å². The quantitative estimate of drug-likeness (QED) is 0.459. The summed E-state index contributed by atoms with van der Waals surface area (Å²) >= 11 is 7.95. The molecule has 1 amide bonds. The van der Waals surface area contributed by atoms with E-state index in [1.54, 1.807) is 11.0 Å². The molecule has 31 heavy (non-hydrogen) atoms. The molecule has 5 nitrogen and oxygen atoms in total. The molecule has 0 bridgehead atoms. The lowest BCUT2D eigenvalue weighted by atomic mass is 10.1. The molecule has 0 radical (unpaired) electrons. The molecule has 1 aliphatic rings. The van der Waals surface area contributed by atoms with Crippen LogP contribution in [0.1, 0.15) is 37.5 Å². The fraction of sp³-hybridized carbons (Fsp3) is 0.333. The van der Waals surface area contributed by atoms with Crippen molar-refractivity contribution in [3.63, 3.8) is 0 Å². The van der Waals surface area contributed by atoms with Crippen molar-refractivity contribution in [3.05, 3.63) is 63.0 Å². The van der Waals surface area contributed by atoms with Gasteiger partial charge in [-0.3, -0.25) is 14.7 Å². The van der Waals surface area contributed by atoms with E-state index in [0.717, 1.165) is 16.3 Å². The number of carbonyl (C=O) groups excluding carboxylic acids is 1. The van der Waals surface area contributed by atoms with Crippen molar-refractivity contribution in [1.29, 1.82) is 0 Å². The molecule has 7 heteroatoms. The molecule has 0 N–H and O–H groups in total. The van der Waals surface area contributed by atoms with Crippen molar-refractivity contribution < 1.29 is 14.3 Å². The number of amidine groups is 1. The Kier molecular flexibility index (Phi) is 8.04. The highest BCUT2D eigenvalue weighted by atomic mass is 35.5. The van der Waals surface area contributed by atoms with Gasteiger partial charge in [0.25, 0.3) is 5.91 Å². The van der Waals surface area contributed by atoms with Crippen molar-refractivity contribution in [1.82, 2.24) is 4.90 Å². The Balaban J connectivity index is 1.88. The third-order valence-electron chi connectivity index (χ3n) is 4.59. The third kappa shape index (κ3) is 5.63. The first-order valence-corrected chi connectivity index (χ1v) is 11.6. The molecule has 0 saturated carbocycles. The van der Waals surface area contributed by atoms with Crippen LogP contribution in [0.25, 0.3) is 6.08 Å². The summed E-state index contributed by atoms with van der Waals surface area (Å²) in [5.41, 5.74) is 3.01. The van der Waals surface area contributed by atoms with Crippen molar-refractivity contribution in [2.75, 3.05) is 19.7 Å². The van der Waals surface area contributed by atoms with Crippen molar-refractivity contribution in [2.24, 2.45) is 4.99 Å². The summed E-state index contributed by atoms with van der Waals surface area (Å²) in [5, 5.41) is 1.17. The molecule has 0 atom stereocenters. The van der Waals surface area contributed by atoms with Gasteiger partial charge >= 0.3 is 0 Å². The normalized spacial score (nSPS) is 16.4. The largest absolute Gasteiger partial charge is 0.490 e. The van der Waals surface area contributed by atoms with Crippen LogP contribution in [0.15, 0.2) is 46.3 Å². The maximum atomic E-state index is 12.7. The van der Waals surface area contributed by atoms with Crippen LogP contribution in [-0.4, -0.2) is 35.7 Å². The number of thioether (sulfide) groups is 1. The molecular formula is C24H27ClN2O3S. The topological polar surface area (TPSA) is 51.1 Å². The number of hydrogen-bond acceptors (Lipinski definition) is 5. The number of rotatable bonds is 8. The van der Waals surface area contributed by atoms with E-state index in [1.807, 2.05) is 58.0 Å². The SMILES string of the molecule is CCN=C1S/C(=C/c2cc(Cl)c(OCc3cccc(C)c3)c(OCC)c2)C(=O)N1CC. The molecule has 1 aliphatic heterocycles. The van der Waals surface area contributed by atoms with Crippen LogP contribution in [0.2, 0.25) is 5.02 Å². The Morgan fingerprint density at radius 2 is 1.97 bits per heavy atom. The Morgan fingerprint density at radius 3 is 2.65 bits per heavy atom. The van der Waals surface area contributed by atoms with Gasteiger partial charge in [0, 0.05) is 13.1 Å². The summed E-state index contributed by atoms with van der Waals surface area (Å²) in [6.07, 6.45) is 1.83. The predicted molar refractivity (Wildman–Crippen MR) is 129 cm³/mol. The molecular weight excluding hydrogens is 432 g/mol. The molecule has 0 aromatic heterocycles. The summed E-state index contributed by atoms with van der Waals surface area (Å²) in [7, 11) is 0. The van der Waals surface area contributed by atoms with Crippen molar-refractivity contribution in [2.45, 2.75) is 34.3 Å². The lowest BCUT2D eigenvalue weighted by Gasteiger charge is -2.15. The lowest BCUT2D eigenvalue weighted by Crippen LogP contribution is -2.28. The van der Waals surface area contributed by atoms with E-state index in [-0.39, 0.29) is 5.91 Å². The molecule has 1 heterocycles. The smallest absolute Gasteiger partial charge is 0.266 e. The van der Waals surface area contributed by atoms with E-state index in [4.69, 9.17) is 21.1 Å². The molecule has 164 valence electrons. The number of carbonyl (C=O) groups is 1. The zero-order valence-electron chi connectivity index (χ0n) is 18.3. The summed E-state index contributed by atoms with van der Waals surface area (Å²) in [6, 6.07) is 11.8. The summed E-state index contributed by atoms with van der Waals surface area (Å²) in [6.45, 7) is 9.93. The van der Waals surface area contributed by atoms with Crippen molar-refractivity contribution >= 4 is 40.5 Å². The molecule has 0 spiro atoms. The van der Waals surface area contributed by atoms with Gasteiger partial charge in [-0.1, -0.05) is 41.4 Å². The van der Waals surface area contributed by atoms with Gasteiger partial charge in [-0.25, -0.2) is 0 Å². The molecule has 1 saturated heterocycles. The molecule has 2 aromatic carbocycles. The van der Waals surface area contributed by atoms with E-state index in [9.17, 15) is 4.79 Å². The molecule has 0 unspecified atom stereocenters. The van der Waals surface area contributed by atoms with Gasteiger partial charge in [-0.2, -0.15) is 0 Å².